The van der Waals surface area contributed by atoms with E-state index in [2.05, 4.69) is 5.32 Å². The predicted molar refractivity (Wildman–Crippen MR) is 60.8 cm³/mol. The fraction of sp³-hybridized carbons (Fsp3) is 0.273. The first-order valence-electron chi connectivity index (χ1n) is 4.76. The lowest BCUT2D eigenvalue weighted by Crippen LogP contribution is -2.11. The number of hydrogen-bond donors (Lipinski definition) is 2. The molecule has 0 saturated carbocycles. The molecule has 0 aliphatic rings. The molecule has 0 spiro atoms. The van der Waals surface area contributed by atoms with Crippen molar-refractivity contribution >= 4 is 17.6 Å². The number of carboxylic acids is 1. The molecule has 0 unspecified atom stereocenters. The lowest BCUT2D eigenvalue weighted by atomic mass is 10.1. The van der Waals surface area contributed by atoms with E-state index in [1.165, 1.54) is 33.3 Å². The fourth-order valence-electron chi connectivity index (χ4n) is 1.35. The number of hydrogen-bond acceptors (Lipinski definition) is 4. The number of anilines is 1. The second-order valence-corrected chi connectivity index (χ2v) is 3.24. The van der Waals surface area contributed by atoms with Crippen molar-refractivity contribution in [2.45, 2.75) is 6.92 Å². The second kappa shape index (κ2) is 5.20. The molecule has 6 heteroatoms. The van der Waals surface area contributed by atoms with Crippen LogP contribution in [-0.4, -0.2) is 31.2 Å². The van der Waals surface area contributed by atoms with E-state index < -0.39 is 5.97 Å². The molecule has 0 radical (unpaired) electrons. The Balaban J connectivity index is 3.34. The lowest BCUT2D eigenvalue weighted by molar-refractivity contribution is -0.114. The Hall–Kier alpha value is -2.24. The van der Waals surface area contributed by atoms with Crippen LogP contribution in [0, 0.1) is 0 Å². The van der Waals surface area contributed by atoms with E-state index in [1.807, 2.05) is 0 Å². The highest BCUT2D eigenvalue weighted by Gasteiger charge is 2.16. The number of carbonyl (C=O) groups is 2. The van der Waals surface area contributed by atoms with Gasteiger partial charge < -0.3 is 19.9 Å². The normalized spacial score (nSPS) is 9.59. The van der Waals surface area contributed by atoms with Crippen LogP contribution in [0.1, 0.15) is 17.3 Å². The van der Waals surface area contributed by atoms with Crippen LogP contribution in [0.2, 0.25) is 0 Å². The smallest absolute Gasteiger partial charge is 0.337 e. The van der Waals surface area contributed by atoms with Crippen LogP contribution in [-0.2, 0) is 4.79 Å². The first-order valence-corrected chi connectivity index (χ1v) is 4.76. The van der Waals surface area contributed by atoms with Gasteiger partial charge in [-0.25, -0.2) is 4.79 Å². The summed E-state index contributed by atoms with van der Waals surface area (Å²) in [6.07, 6.45) is 0. The van der Waals surface area contributed by atoms with Crippen molar-refractivity contribution in [3.05, 3.63) is 17.7 Å². The van der Waals surface area contributed by atoms with E-state index in [0.717, 1.165) is 0 Å². The van der Waals surface area contributed by atoms with Crippen molar-refractivity contribution in [1.82, 2.24) is 0 Å². The average molecular weight is 239 g/mol. The maximum atomic E-state index is 11.0. The summed E-state index contributed by atoms with van der Waals surface area (Å²) in [4.78, 5) is 22.0. The highest BCUT2D eigenvalue weighted by Crippen LogP contribution is 2.33. The third kappa shape index (κ3) is 2.87. The van der Waals surface area contributed by atoms with Crippen molar-refractivity contribution in [1.29, 1.82) is 0 Å². The van der Waals surface area contributed by atoms with Crippen molar-refractivity contribution < 1.29 is 24.2 Å². The molecule has 0 heterocycles. The van der Waals surface area contributed by atoms with Gasteiger partial charge in [0.2, 0.25) is 5.91 Å². The van der Waals surface area contributed by atoms with Gasteiger partial charge in [0, 0.05) is 19.1 Å². The first-order chi connectivity index (χ1) is 7.99. The molecule has 1 amide bonds. The highest BCUT2D eigenvalue weighted by molar-refractivity contribution is 6.00. The van der Waals surface area contributed by atoms with Gasteiger partial charge >= 0.3 is 5.97 Å². The van der Waals surface area contributed by atoms with E-state index in [1.54, 1.807) is 0 Å². The summed E-state index contributed by atoms with van der Waals surface area (Å²) in [6, 6.07) is 2.70. The molecule has 6 nitrogen and oxygen atoms in total. The molecule has 0 aliphatic carbocycles. The topological polar surface area (TPSA) is 84.9 Å². The van der Waals surface area contributed by atoms with Crippen LogP contribution in [0.3, 0.4) is 0 Å². The summed E-state index contributed by atoms with van der Waals surface area (Å²) in [6.45, 7) is 1.29. The van der Waals surface area contributed by atoms with Gasteiger partial charge in [0.1, 0.15) is 0 Å². The van der Waals surface area contributed by atoms with Gasteiger partial charge in [0.05, 0.1) is 25.5 Å². The van der Waals surface area contributed by atoms with Crippen LogP contribution in [0.5, 0.6) is 11.5 Å². The van der Waals surface area contributed by atoms with Gasteiger partial charge in [-0.2, -0.15) is 0 Å². The van der Waals surface area contributed by atoms with Gasteiger partial charge in [-0.15, -0.1) is 0 Å². The van der Waals surface area contributed by atoms with Crippen LogP contribution in [0.4, 0.5) is 5.69 Å². The molecule has 0 bridgehead atoms. The molecule has 92 valence electrons. The van der Waals surface area contributed by atoms with Crippen LogP contribution >= 0.6 is 0 Å². The molecule has 0 atom stereocenters. The predicted octanol–water partition coefficient (Wildman–Crippen LogP) is 1.36. The summed E-state index contributed by atoms with van der Waals surface area (Å²) < 4.78 is 10.0. The Kier molecular flexibility index (Phi) is 3.92. The third-order valence-electron chi connectivity index (χ3n) is 2.06. The number of amides is 1. The van der Waals surface area contributed by atoms with E-state index >= 15 is 0 Å². The van der Waals surface area contributed by atoms with E-state index in [0.29, 0.717) is 11.5 Å². The molecular formula is C11H13NO5. The molecule has 0 aliphatic heterocycles. The summed E-state index contributed by atoms with van der Waals surface area (Å²) in [7, 11) is 2.83. The lowest BCUT2D eigenvalue weighted by Gasteiger charge is -2.12. The van der Waals surface area contributed by atoms with Crippen LogP contribution in [0.15, 0.2) is 12.1 Å². The number of nitrogens with one attached hydrogen (secondary N) is 1. The molecule has 1 aromatic carbocycles. The minimum absolute atomic E-state index is 0.0575. The maximum Gasteiger partial charge on any atom is 0.337 e. The molecule has 17 heavy (non-hydrogen) atoms. The number of aromatic carboxylic acids is 1. The van der Waals surface area contributed by atoms with Crippen LogP contribution in [0.25, 0.3) is 0 Å². The average Bonchev–Trinajstić information content (AvgIpc) is 2.27. The Labute approximate surface area is 98.2 Å². The van der Waals surface area contributed by atoms with E-state index in [-0.39, 0.29) is 17.2 Å². The van der Waals surface area contributed by atoms with E-state index in [9.17, 15) is 9.59 Å². The minimum atomic E-state index is -1.16. The largest absolute Gasteiger partial charge is 0.493 e. The quantitative estimate of drug-likeness (QED) is 0.828. The van der Waals surface area contributed by atoms with Crippen LogP contribution < -0.4 is 14.8 Å². The van der Waals surface area contributed by atoms with Gasteiger partial charge in [-0.05, 0) is 0 Å². The Morgan fingerprint density at radius 2 is 1.71 bits per heavy atom. The molecule has 0 saturated heterocycles. The number of carbonyl (C=O) groups excluding carboxylic acids is 1. The number of ether oxygens (including phenoxy) is 2. The Morgan fingerprint density at radius 3 is 2.12 bits per heavy atom. The summed E-state index contributed by atoms with van der Waals surface area (Å²) in [5.41, 5.74) is 0.112. The second-order valence-electron chi connectivity index (χ2n) is 3.24. The molecular weight excluding hydrogens is 226 g/mol. The van der Waals surface area contributed by atoms with Gasteiger partial charge in [0.25, 0.3) is 0 Å². The molecule has 2 N–H and O–H groups in total. The summed E-state index contributed by atoms with van der Waals surface area (Å²) in [5, 5.41) is 11.4. The van der Waals surface area contributed by atoms with Crippen molar-refractivity contribution in [2.75, 3.05) is 19.5 Å². The third-order valence-corrected chi connectivity index (χ3v) is 2.06. The van der Waals surface area contributed by atoms with Gasteiger partial charge in [0.15, 0.2) is 11.5 Å². The van der Waals surface area contributed by atoms with Crippen molar-refractivity contribution in [3.63, 3.8) is 0 Å². The minimum Gasteiger partial charge on any atom is -0.493 e. The molecule has 1 aromatic rings. The zero-order valence-corrected chi connectivity index (χ0v) is 9.73. The highest BCUT2D eigenvalue weighted by atomic mass is 16.5. The Morgan fingerprint density at radius 1 is 1.18 bits per heavy atom. The Bertz CT molecular complexity index is 455. The van der Waals surface area contributed by atoms with Gasteiger partial charge in [-0.1, -0.05) is 0 Å². The van der Waals surface area contributed by atoms with Gasteiger partial charge in [-0.3, -0.25) is 4.79 Å². The zero-order chi connectivity index (χ0) is 13.0. The molecule has 1 rings (SSSR count). The number of benzene rings is 1. The van der Waals surface area contributed by atoms with Crippen molar-refractivity contribution in [3.8, 4) is 11.5 Å². The first kappa shape index (κ1) is 12.8. The molecule has 0 fully saturated rings. The van der Waals surface area contributed by atoms with E-state index in [4.69, 9.17) is 14.6 Å². The molecule has 0 aromatic heterocycles. The number of methoxy groups -OCH3 is 2. The summed E-state index contributed by atoms with van der Waals surface area (Å²) in [5.74, 6) is -0.880. The monoisotopic (exact) mass is 239 g/mol. The maximum absolute atomic E-state index is 11.0. The fourth-order valence-corrected chi connectivity index (χ4v) is 1.35. The zero-order valence-electron chi connectivity index (χ0n) is 9.73. The number of rotatable bonds is 4. The summed E-state index contributed by atoms with van der Waals surface area (Å²) >= 11 is 0. The van der Waals surface area contributed by atoms with Crippen molar-refractivity contribution in [2.24, 2.45) is 0 Å². The SMILES string of the molecule is COc1cc(NC(C)=O)c(C(=O)O)cc1OC. The number of carboxylic acid groups (broad SMARTS) is 1. The standard InChI is InChI=1S/C11H13NO5/c1-6(13)12-8-5-10(17-3)9(16-2)4-7(8)11(14)15/h4-5H,1-3H3,(H,12,13)(H,14,15).